The van der Waals surface area contributed by atoms with Crippen LogP contribution in [0.3, 0.4) is 0 Å². The molecule has 0 heterocycles. The highest BCUT2D eigenvalue weighted by Gasteiger charge is 2.22. The van der Waals surface area contributed by atoms with Crippen LogP contribution in [0.2, 0.25) is 0 Å². The fourth-order valence-corrected chi connectivity index (χ4v) is 3.07. The van der Waals surface area contributed by atoms with Crippen LogP contribution in [0.15, 0.2) is 29.2 Å². The third-order valence-corrected chi connectivity index (χ3v) is 4.90. The number of benzene rings is 1. The van der Waals surface area contributed by atoms with E-state index in [1.807, 2.05) is 6.92 Å². The first-order valence-electron chi connectivity index (χ1n) is 6.24. The van der Waals surface area contributed by atoms with Gasteiger partial charge in [-0.15, -0.1) is 0 Å². The van der Waals surface area contributed by atoms with Gasteiger partial charge in [-0.2, -0.15) is 0 Å². The highest BCUT2D eigenvalue weighted by atomic mass is 32.2. The summed E-state index contributed by atoms with van der Waals surface area (Å²) in [6, 6.07) is 6.80. The topological polar surface area (TPSA) is 86.2 Å². The Kier molecular flexibility index (Phi) is 5.78. The summed E-state index contributed by atoms with van der Waals surface area (Å²) >= 11 is 0. The zero-order chi connectivity index (χ0) is 13.6. The highest BCUT2D eigenvalue weighted by molar-refractivity contribution is 7.92. The zero-order valence-electron chi connectivity index (χ0n) is 10.8. The van der Waals surface area contributed by atoms with E-state index in [9.17, 15) is 8.42 Å². The van der Waals surface area contributed by atoms with E-state index >= 15 is 0 Å². The van der Waals surface area contributed by atoms with Crippen LogP contribution in [0.4, 0.5) is 0 Å². The van der Waals surface area contributed by atoms with Crippen LogP contribution in [0.1, 0.15) is 31.2 Å². The summed E-state index contributed by atoms with van der Waals surface area (Å²) in [5.74, 6) is 0. The van der Waals surface area contributed by atoms with Crippen LogP contribution in [0, 0.1) is 6.92 Å². The lowest BCUT2D eigenvalue weighted by atomic mass is 10.2. The van der Waals surface area contributed by atoms with Crippen molar-refractivity contribution in [2.45, 2.75) is 42.9 Å². The van der Waals surface area contributed by atoms with E-state index in [1.54, 1.807) is 24.3 Å². The van der Waals surface area contributed by atoms with E-state index in [0.717, 1.165) is 24.8 Å². The van der Waals surface area contributed by atoms with Gasteiger partial charge in [-0.3, -0.25) is 0 Å². The second-order valence-electron chi connectivity index (χ2n) is 4.53. The molecule has 0 spiro atoms. The molecule has 1 unspecified atom stereocenters. The smallest absolute Gasteiger partial charge is 0.193 e. The van der Waals surface area contributed by atoms with Crippen molar-refractivity contribution in [3.05, 3.63) is 29.8 Å². The van der Waals surface area contributed by atoms with Crippen molar-refractivity contribution in [3.8, 4) is 0 Å². The molecule has 0 aromatic heterocycles. The average Bonchev–Trinajstić information content (AvgIpc) is 2.35. The van der Waals surface area contributed by atoms with Gasteiger partial charge in [-0.05, 0) is 38.4 Å². The minimum Gasteiger partial charge on any atom is -0.330 e. The van der Waals surface area contributed by atoms with E-state index in [1.165, 1.54) is 0 Å². The first-order chi connectivity index (χ1) is 8.48. The van der Waals surface area contributed by atoms with Crippen LogP contribution in [-0.4, -0.2) is 20.3 Å². The fraction of sp³-hybridized carbons (Fsp3) is 0.538. The van der Waals surface area contributed by atoms with Crippen LogP contribution in [0.25, 0.3) is 0 Å². The van der Waals surface area contributed by atoms with Gasteiger partial charge in [0.05, 0.1) is 4.90 Å². The maximum absolute atomic E-state index is 12.2. The molecule has 0 aliphatic carbocycles. The molecule has 0 bridgehead atoms. The Morgan fingerprint density at radius 3 is 2.28 bits per heavy atom. The van der Waals surface area contributed by atoms with Crippen molar-refractivity contribution in [3.63, 3.8) is 0 Å². The molecule has 1 aromatic rings. The number of hydrogen-bond acceptors (Lipinski definition) is 4. The van der Waals surface area contributed by atoms with Crippen molar-refractivity contribution in [1.82, 2.24) is 0 Å². The van der Waals surface area contributed by atoms with Crippen molar-refractivity contribution >= 4 is 9.84 Å². The van der Waals surface area contributed by atoms with Gasteiger partial charge >= 0.3 is 0 Å². The summed E-state index contributed by atoms with van der Waals surface area (Å²) < 4.78 is 24.3. The summed E-state index contributed by atoms with van der Waals surface area (Å²) in [5, 5.41) is -0.821. The lowest BCUT2D eigenvalue weighted by Crippen LogP contribution is -2.30. The van der Waals surface area contributed by atoms with E-state index in [0.29, 0.717) is 17.9 Å². The molecule has 0 fully saturated rings. The van der Waals surface area contributed by atoms with Crippen LogP contribution >= 0.6 is 0 Å². The fourth-order valence-electron chi connectivity index (χ4n) is 1.72. The molecule has 1 aromatic carbocycles. The highest BCUT2D eigenvalue weighted by Crippen LogP contribution is 2.17. The molecule has 0 saturated heterocycles. The SMILES string of the molecule is Cc1ccc(S(=O)(=O)C(N)CCCCCN)cc1. The quantitative estimate of drug-likeness (QED) is 0.736. The lowest BCUT2D eigenvalue weighted by Gasteiger charge is -2.13. The Labute approximate surface area is 109 Å². The molecule has 1 atom stereocenters. The first-order valence-corrected chi connectivity index (χ1v) is 7.79. The van der Waals surface area contributed by atoms with Crippen molar-refractivity contribution in [2.24, 2.45) is 11.5 Å². The molecule has 0 aliphatic heterocycles. The number of hydrogen-bond donors (Lipinski definition) is 2. The predicted octanol–water partition coefficient (Wildman–Crippen LogP) is 1.57. The van der Waals surface area contributed by atoms with Gasteiger partial charge in [0.2, 0.25) is 0 Å². The van der Waals surface area contributed by atoms with E-state index in [-0.39, 0.29) is 0 Å². The number of unbranched alkanes of at least 4 members (excludes halogenated alkanes) is 2. The molecule has 0 amide bonds. The molecule has 0 aliphatic rings. The molecule has 0 saturated carbocycles. The number of sulfone groups is 1. The predicted molar refractivity (Wildman–Crippen MR) is 73.9 cm³/mol. The van der Waals surface area contributed by atoms with Crippen LogP contribution in [0.5, 0.6) is 0 Å². The Morgan fingerprint density at radius 1 is 1.11 bits per heavy atom. The molecular weight excluding hydrogens is 248 g/mol. The van der Waals surface area contributed by atoms with Gasteiger partial charge in [0, 0.05) is 0 Å². The lowest BCUT2D eigenvalue weighted by molar-refractivity contribution is 0.560. The van der Waals surface area contributed by atoms with Gasteiger partial charge in [-0.1, -0.05) is 30.5 Å². The van der Waals surface area contributed by atoms with Gasteiger partial charge in [0.15, 0.2) is 9.84 Å². The summed E-state index contributed by atoms with van der Waals surface area (Å²) in [7, 11) is -3.40. The van der Waals surface area contributed by atoms with E-state index < -0.39 is 15.2 Å². The molecule has 4 nitrogen and oxygen atoms in total. The maximum atomic E-state index is 12.2. The van der Waals surface area contributed by atoms with Gasteiger partial charge in [0.25, 0.3) is 0 Å². The van der Waals surface area contributed by atoms with E-state index in [2.05, 4.69) is 0 Å². The average molecular weight is 270 g/mol. The number of rotatable bonds is 7. The first kappa shape index (κ1) is 15.1. The Morgan fingerprint density at radius 2 is 1.72 bits per heavy atom. The van der Waals surface area contributed by atoms with Crippen molar-refractivity contribution in [2.75, 3.05) is 6.54 Å². The Bertz CT molecular complexity index is 454. The minimum absolute atomic E-state index is 0.305. The summed E-state index contributed by atoms with van der Waals surface area (Å²) in [5.41, 5.74) is 12.2. The molecule has 0 radical (unpaired) electrons. The zero-order valence-corrected chi connectivity index (χ0v) is 11.6. The van der Waals surface area contributed by atoms with Gasteiger partial charge < -0.3 is 11.5 Å². The third kappa shape index (κ3) is 4.08. The molecule has 1 rings (SSSR count). The molecule has 102 valence electrons. The van der Waals surface area contributed by atoms with E-state index in [4.69, 9.17) is 11.5 Å². The number of nitrogens with two attached hydrogens (primary N) is 2. The second kappa shape index (κ2) is 6.87. The molecular formula is C13H22N2O2S. The Balaban J connectivity index is 2.65. The van der Waals surface area contributed by atoms with Gasteiger partial charge in [-0.25, -0.2) is 8.42 Å². The summed E-state index contributed by atoms with van der Waals surface area (Å²) in [4.78, 5) is 0.305. The largest absolute Gasteiger partial charge is 0.330 e. The normalized spacial score (nSPS) is 13.5. The summed E-state index contributed by atoms with van der Waals surface area (Å²) in [6.07, 6.45) is 3.12. The van der Waals surface area contributed by atoms with Crippen LogP contribution in [-0.2, 0) is 9.84 Å². The van der Waals surface area contributed by atoms with Crippen molar-refractivity contribution in [1.29, 1.82) is 0 Å². The molecule has 5 heteroatoms. The van der Waals surface area contributed by atoms with Gasteiger partial charge in [0.1, 0.15) is 5.37 Å². The minimum atomic E-state index is -3.40. The maximum Gasteiger partial charge on any atom is 0.193 e. The molecule has 4 N–H and O–H groups in total. The van der Waals surface area contributed by atoms with Crippen molar-refractivity contribution < 1.29 is 8.42 Å². The standard InChI is InChI=1S/C13H22N2O2S/c1-11-6-8-12(9-7-11)18(16,17)13(15)5-3-2-4-10-14/h6-9,13H,2-5,10,14-15H2,1H3. The monoisotopic (exact) mass is 270 g/mol. The summed E-state index contributed by atoms with van der Waals surface area (Å²) in [6.45, 7) is 2.56. The third-order valence-electron chi connectivity index (χ3n) is 2.94. The second-order valence-corrected chi connectivity index (χ2v) is 6.70. The Hall–Kier alpha value is -0.910. The number of aryl methyl sites for hydroxylation is 1. The van der Waals surface area contributed by atoms with Crippen LogP contribution < -0.4 is 11.5 Å². The molecule has 18 heavy (non-hydrogen) atoms.